The zero-order valence-corrected chi connectivity index (χ0v) is 17.5. The van der Waals surface area contributed by atoms with Crippen molar-refractivity contribution >= 4 is 0 Å². The summed E-state index contributed by atoms with van der Waals surface area (Å²) in [7, 11) is 0. The van der Waals surface area contributed by atoms with Crippen LogP contribution in [0.25, 0.3) is 22.4 Å². The first kappa shape index (κ1) is 17.5. The minimum atomic E-state index is 0.614. The Balaban J connectivity index is 1.31. The van der Waals surface area contributed by atoms with Crippen LogP contribution in [0.4, 0.5) is 0 Å². The van der Waals surface area contributed by atoms with E-state index in [0.29, 0.717) is 5.92 Å². The first-order chi connectivity index (χ1) is 14.2. The quantitative estimate of drug-likeness (QED) is 0.505. The van der Waals surface area contributed by atoms with Crippen LogP contribution in [0, 0.1) is 12.8 Å². The topological polar surface area (TPSA) is 28.7 Å². The Hall–Kier alpha value is -2.35. The highest BCUT2D eigenvalue weighted by molar-refractivity contribution is 5.75. The lowest BCUT2D eigenvalue weighted by atomic mass is 9.83. The largest absolute Gasteiger partial charge is 0.342 e. The van der Waals surface area contributed by atoms with Crippen molar-refractivity contribution in [2.24, 2.45) is 5.92 Å². The Bertz CT molecular complexity index is 1060. The van der Waals surface area contributed by atoms with Gasteiger partial charge in [0, 0.05) is 5.92 Å². The normalized spacial score (nSPS) is 27.5. The van der Waals surface area contributed by atoms with Crippen molar-refractivity contribution in [1.82, 2.24) is 9.97 Å². The molecule has 148 valence electrons. The molecular formula is C27H30N2. The average molecular weight is 383 g/mol. The van der Waals surface area contributed by atoms with Crippen LogP contribution in [0.15, 0.2) is 42.6 Å². The second-order valence-corrected chi connectivity index (χ2v) is 9.84. The Labute approximate surface area is 173 Å². The van der Waals surface area contributed by atoms with Gasteiger partial charge in [0.2, 0.25) is 0 Å². The zero-order valence-electron chi connectivity index (χ0n) is 17.5. The highest BCUT2D eigenvalue weighted by atomic mass is 14.9. The zero-order chi connectivity index (χ0) is 19.5. The number of aryl methyl sites for hydroxylation is 1. The van der Waals surface area contributed by atoms with E-state index < -0.39 is 0 Å². The van der Waals surface area contributed by atoms with Crippen LogP contribution in [0.3, 0.4) is 0 Å². The second-order valence-electron chi connectivity index (χ2n) is 9.84. The molecule has 2 saturated carbocycles. The Morgan fingerprint density at radius 3 is 2.28 bits per heavy atom. The van der Waals surface area contributed by atoms with Crippen molar-refractivity contribution in [2.45, 2.75) is 70.1 Å². The van der Waals surface area contributed by atoms with Gasteiger partial charge in [-0.05, 0) is 96.6 Å². The summed E-state index contributed by atoms with van der Waals surface area (Å²) in [6.45, 7) is 4.66. The van der Waals surface area contributed by atoms with E-state index in [-0.39, 0.29) is 0 Å². The van der Waals surface area contributed by atoms with Gasteiger partial charge in [-0.1, -0.05) is 43.3 Å². The molecule has 2 bridgehead atoms. The van der Waals surface area contributed by atoms with Crippen molar-refractivity contribution in [1.29, 1.82) is 0 Å². The van der Waals surface area contributed by atoms with Gasteiger partial charge in [0.25, 0.3) is 0 Å². The maximum absolute atomic E-state index is 4.72. The van der Waals surface area contributed by atoms with Gasteiger partial charge in [0.05, 0.1) is 11.9 Å². The minimum absolute atomic E-state index is 0.614. The van der Waals surface area contributed by atoms with Gasteiger partial charge in [-0.15, -0.1) is 0 Å². The van der Waals surface area contributed by atoms with E-state index in [4.69, 9.17) is 4.98 Å². The molecule has 0 amide bonds. The average Bonchev–Trinajstić information content (AvgIpc) is 3.52. The van der Waals surface area contributed by atoms with E-state index in [1.54, 1.807) is 11.1 Å². The summed E-state index contributed by atoms with van der Waals surface area (Å²) < 4.78 is 0. The summed E-state index contributed by atoms with van der Waals surface area (Å²) in [6.07, 6.45) is 10.0. The van der Waals surface area contributed by atoms with Crippen LogP contribution in [0.1, 0.15) is 85.7 Å². The number of fused-ring (bicyclic) bond motifs is 5. The molecule has 2 fully saturated rings. The number of hydrogen-bond donors (Lipinski definition) is 1. The van der Waals surface area contributed by atoms with Gasteiger partial charge in [-0.25, -0.2) is 4.98 Å². The second kappa shape index (κ2) is 6.58. The van der Waals surface area contributed by atoms with Crippen molar-refractivity contribution in [2.75, 3.05) is 0 Å². The molecule has 6 rings (SSSR count). The molecular weight excluding hydrogens is 352 g/mol. The number of imidazole rings is 1. The van der Waals surface area contributed by atoms with Gasteiger partial charge < -0.3 is 4.98 Å². The molecule has 3 aliphatic carbocycles. The Morgan fingerprint density at radius 2 is 1.52 bits per heavy atom. The number of benzene rings is 2. The van der Waals surface area contributed by atoms with E-state index in [1.165, 1.54) is 66.6 Å². The van der Waals surface area contributed by atoms with Gasteiger partial charge in [0.1, 0.15) is 5.82 Å². The molecule has 2 heteroatoms. The molecule has 0 spiro atoms. The first-order valence-electron chi connectivity index (χ1n) is 11.5. The summed E-state index contributed by atoms with van der Waals surface area (Å²) in [5.74, 6) is 4.23. The number of aromatic nitrogens is 2. The monoisotopic (exact) mass is 382 g/mol. The molecule has 3 aromatic rings. The summed E-state index contributed by atoms with van der Waals surface area (Å²) in [4.78, 5) is 8.33. The number of nitrogens with zero attached hydrogens (tertiary/aromatic N) is 1. The molecule has 1 N–H and O–H groups in total. The van der Waals surface area contributed by atoms with Crippen molar-refractivity contribution < 1.29 is 0 Å². The molecule has 0 aliphatic heterocycles. The lowest BCUT2D eigenvalue weighted by molar-refractivity contribution is 0.588. The minimum Gasteiger partial charge on any atom is -0.342 e. The number of hydrogen-bond acceptors (Lipinski definition) is 1. The van der Waals surface area contributed by atoms with Gasteiger partial charge >= 0.3 is 0 Å². The maximum atomic E-state index is 4.72. The Kier molecular flexibility index (Phi) is 3.97. The van der Waals surface area contributed by atoms with Gasteiger partial charge in [0.15, 0.2) is 0 Å². The molecule has 2 aromatic carbocycles. The predicted octanol–water partition coefficient (Wildman–Crippen LogP) is 7.32. The molecule has 1 aromatic heterocycles. The number of nitrogens with one attached hydrogen (secondary N) is 1. The van der Waals surface area contributed by atoms with E-state index in [1.807, 2.05) is 6.20 Å². The number of rotatable bonds is 3. The third-order valence-corrected chi connectivity index (χ3v) is 7.94. The van der Waals surface area contributed by atoms with E-state index in [2.05, 4.69) is 55.2 Å². The van der Waals surface area contributed by atoms with Crippen molar-refractivity contribution in [3.63, 3.8) is 0 Å². The first-order valence-corrected chi connectivity index (χ1v) is 11.5. The molecule has 0 radical (unpaired) electrons. The highest BCUT2D eigenvalue weighted by Gasteiger charge is 2.39. The van der Waals surface area contributed by atoms with Crippen LogP contribution >= 0.6 is 0 Å². The van der Waals surface area contributed by atoms with Gasteiger partial charge in [-0.3, -0.25) is 0 Å². The summed E-state index contributed by atoms with van der Waals surface area (Å²) >= 11 is 0. The van der Waals surface area contributed by atoms with Crippen LogP contribution < -0.4 is 0 Å². The molecule has 29 heavy (non-hydrogen) atoms. The summed E-state index contributed by atoms with van der Waals surface area (Å²) in [5.41, 5.74) is 10.1. The molecule has 4 atom stereocenters. The van der Waals surface area contributed by atoms with Crippen LogP contribution in [-0.2, 0) is 0 Å². The number of aromatic amines is 1. The third kappa shape index (κ3) is 2.79. The lowest BCUT2D eigenvalue weighted by Crippen LogP contribution is -2.02. The standard InChI is InChI=1S/C27H30N2/c1-16-3-5-22(13-16)27-28-15-24(29-27)19-8-6-18(7-9-19)23-12-4-17(2)25-20-10-11-21(14-20)26(23)25/h4,6-9,12,15-16,20-22H,3,5,10-11,13-14H2,1-2H3,(H,28,29)/t16-,20?,21?,22+/m1/s1. The van der Waals surface area contributed by atoms with Crippen LogP contribution in [0.2, 0.25) is 0 Å². The highest BCUT2D eigenvalue weighted by Crippen LogP contribution is 2.56. The smallest absolute Gasteiger partial charge is 0.109 e. The predicted molar refractivity (Wildman–Crippen MR) is 119 cm³/mol. The fourth-order valence-corrected chi connectivity index (χ4v) is 6.46. The summed E-state index contributed by atoms with van der Waals surface area (Å²) in [6, 6.07) is 13.9. The van der Waals surface area contributed by atoms with E-state index in [0.717, 1.165) is 23.4 Å². The molecule has 3 aliphatic rings. The molecule has 1 heterocycles. The molecule has 2 nitrogen and oxygen atoms in total. The van der Waals surface area contributed by atoms with Gasteiger partial charge in [-0.2, -0.15) is 0 Å². The van der Waals surface area contributed by atoms with Crippen LogP contribution in [-0.4, -0.2) is 9.97 Å². The van der Waals surface area contributed by atoms with Crippen molar-refractivity contribution in [3.8, 4) is 22.4 Å². The SMILES string of the molecule is Cc1ccc(-c2ccc(-c3cnc([C@H]4CC[C@@H](C)C4)[nH]3)cc2)c2c1C1CCC2C1. The Morgan fingerprint density at radius 1 is 0.793 bits per heavy atom. The van der Waals surface area contributed by atoms with E-state index >= 15 is 0 Å². The van der Waals surface area contributed by atoms with Crippen molar-refractivity contribution in [3.05, 3.63) is 65.1 Å². The number of H-pyrrole nitrogens is 1. The fourth-order valence-electron chi connectivity index (χ4n) is 6.46. The molecule has 0 saturated heterocycles. The third-order valence-electron chi connectivity index (χ3n) is 7.94. The van der Waals surface area contributed by atoms with E-state index in [9.17, 15) is 0 Å². The van der Waals surface area contributed by atoms with Crippen LogP contribution in [0.5, 0.6) is 0 Å². The summed E-state index contributed by atoms with van der Waals surface area (Å²) in [5, 5.41) is 0. The maximum Gasteiger partial charge on any atom is 0.109 e. The lowest BCUT2D eigenvalue weighted by Gasteiger charge is -2.21. The fraction of sp³-hybridized carbons (Fsp3) is 0.444. The molecule has 2 unspecified atom stereocenters.